The summed E-state index contributed by atoms with van der Waals surface area (Å²) >= 11 is 0. The fourth-order valence-electron chi connectivity index (χ4n) is 4.06. The number of fused-ring (bicyclic) bond motifs is 1. The smallest absolute Gasteiger partial charge is 0.227 e. The summed E-state index contributed by atoms with van der Waals surface area (Å²) in [4.78, 5) is 15.0. The third-order valence-electron chi connectivity index (χ3n) is 5.15. The Balaban J connectivity index is 1.71. The Morgan fingerprint density at radius 1 is 1.05 bits per heavy atom. The zero-order valence-corrected chi connectivity index (χ0v) is 11.7. The molecule has 0 aromatic heterocycles. The molecule has 2 N–H and O–H groups in total. The predicted molar refractivity (Wildman–Crippen MR) is 73.6 cm³/mol. The Bertz CT molecular complexity index is 334. The monoisotopic (exact) mass is 266 g/mol. The average molecular weight is 266 g/mol. The Morgan fingerprint density at radius 2 is 1.89 bits per heavy atom. The molecule has 1 aliphatic heterocycles. The molecule has 4 nitrogen and oxygen atoms in total. The molecule has 4 atom stereocenters. The van der Waals surface area contributed by atoms with E-state index in [1.54, 1.807) is 0 Å². The van der Waals surface area contributed by atoms with Crippen LogP contribution < -0.4 is 5.73 Å². The second kappa shape index (κ2) is 5.80. The summed E-state index contributed by atoms with van der Waals surface area (Å²) < 4.78 is 5.80. The standard InChI is InChI=1S/C15H26N2O2/c16-12-6-3-1-2-5-11(12)15(18)17-9-10-19-14-8-4-7-13(14)17/h11-14H,1-10,16H2. The molecular formula is C15H26N2O2. The van der Waals surface area contributed by atoms with Crippen molar-refractivity contribution in [2.75, 3.05) is 13.2 Å². The van der Waals surface area contributed by atoms with Crippen LogP contribution in [-0.2, 0) is 9.53 Å². The zero-order valence-electron chi connectivity index (χ0n) is 11.7. The number of rotatable bonds is 1. The first kappa shape index (κ1) is 13.4. The van der Waals surface area contributed by atoms with Crippen LogP contribution in [0.25, 0.3) is 0 Å². The van der Waals surface area contributed by atoms with Crippen molar-refractivity contribution in [3.8, 4) is 0 Å². The lowest BCUT2D eigenvalue weighted by Gasteiger charge is -2.40. The van der Waals surface area contributed by atoms with E-state index in [9.17, 15) is 4.79 Å². The quantitative estimate of drug-likeness (QED) is 0.735. The van der Waals surface area contributed by atoms with Crippen molar-refractivity contribution in [3.63, 3.8) is 0 Å². The molecule has 4 unspecified atom stereocenters. The van der Waals surface area contributed by atoms with E-state index in [-0.39, 0.29) is 12.0 Å². The van der Waals surface area contributed by atoms with Gasteiger partial charge in [0.05, 0.1) is 24.7 Å². The Kier molecular flexibility index (Phi) is 4.08. The minimum atomic E-state index is 0.0573. The van der Waals surface area contributed by atoms with Gasteiger partial charge in [0.1, 0.15) is 0 Å². The lowest BCUT2D eigenvalue weighted by molar-refractivity contribution is -0.149. The summed E-state index contributed by atoms with van der Waals surface area (Å²) in [6, 6.07) is 0.398. The summed E-state index contributed by atoms with van der Waals surface area (Å²) in [5.41, 5.74) is 6.24. The second-order valence-electron chi connectivity index (χ2n) is 6.35. The molecule has 19 heavy (non-hydrogen) atoms. The second-order valence-corrected chi connectivity index (χ2v) is 6.35. The summed E-state index contributed by atoms with van der Waals surface area (Å²) in [6.45, 7) is 1.47. The van der Waals surface area contributed by atoms with Crippen molar-refractivity contribution in [1.29, 1.82) is 0 Å². The van der Waals surface area contributed by atoms with E-state index in [1.165, 1.54) is 19.3 Å². The number of ether oxygens (including phenoxy) is 1. The van der Waals surface area contributed by atoms with E-state index in [1.807, 2.05) is 0 Å². The molecule has 0 bridgehead atoms. The molecule has 0 aromatic rings. The van der Waals surface area contributed by atoms with Gasteiger partial charge >= 0.3 is 0 Å². The number of amides is 1. The van der Waals surface area contributed by atoms with E-state index < -0.39 is 0 Å². The van der Waals surface area contributed by atoms with Crippen molar-refractivity contribution in [2.45, 2.75) is 69.6 Å². The van der Waals surface area contributed by atoms with E-state index in [0.29, 0.717) is 24.7 Å². The number of carbonyl (C=O) groups is 1. The van der Waals surface area contributed by atoms with Crippen LogP contribution in [0.1, 0.15) is 51.4 Å². The van der Waals surface area contributed by atoms with Crippen LogP contribution in [0.15, 0.2) is 0 Å². The van der Waals surface area contributed by atoms with Gasteiger partial charge in [-0.05, 0) is 32.1 Å². The number of hydrogen-bond acceptors (Lipinski definition) is 3. The van der Waals surface area contributed by atoms with Crippen LogP contribution in [0.4, 0.5) is 0 Å². The molecule has 1 heterocycles. The molecule has 2 saturated carbocycles. The highest BCUT2D eigenvalue weighted by atomic mass is 16.5. The van der Waals surface area contributed by atoms with Gasteiger partial charge in [0.15, 0.2) is 0 Å². The number of hydrogen-bond donors (Lipinski definition) is 1. The van der Waals surface area contributed by atoms with Gasteiger partial charge in [-0.1, -0.05) is 19.3 Å². The molecule has 0 spiro atoms. The van der Waals surface area contributed by atoms with Gasteiger partial charge in [-0.15, -0.1) is 0 Å². The van der Waals surface area contributed by atoms with Crippen molar-refractivity contribution < 1.29 is 9.53 Å². The normalized spacial score (nSPS) is 39.7. The first-order valence-electron chi connectivity index (χ1n) is 7.95. The third-order valence-corrected chi connectivity index (χ3v) is 5.15. The number of nitrogens with zero attached hydrogens (tertiary/aromatic N) is 1. The molecule has 4 heteroatoms. The summed E-state index contributed by atoms with van der Waals surface area (Å²) in [5.74, 6) is 0.372. The molecule has 0 aromatic carbocycles. The Morgan fingerprint density at radius 3 is 2.79 bits per heavy atom. The van der Waals surface area contributed by atoms with Crippen LogP contribution in [0.2, 0.25) is 0 Å². The van der Waals surface area contributed by atoms with Crippen molar-refractivity contribution >= 4 is 5.91 Å². The number of carbonyl (C=O) groups excluding carboxylic acids is 1. The van der Waals surface area contributed by atoms with Gasteiger partial charge in [0, 0.05) is 12.6 Å². The maximum atomic E-state index is 12.8. The third kappa shape index (κ3) is 2.65. The van der Waals surface area contributed by atoms with Gasteiger partial charge in [-0.2, -0.15) is 0 Å². The molecule has 2 aliphatic carbocycles. The topological polar surface area (TPSA) is 55.6 Å². The van der Waals surface area contributed by atoms with E-state index in [4.69, 9.17) is 10.5 Å². The molecule has 3 fully saturated rings. The van der Waals surface area contributed by atoms with Gasteiger partial charge in [0.2, 0.25) is 5.91 Å². The zero-order chi connectivity index (χ0) is 13.2. The van der Waals surface area contributed by atoms with Crippen LogP contribution >= 0.6 is 0 Å². The first-order chi connectivity index (χ1) is 9.27. The van der Waals surface area contributed by atoms with Crippen LogP contribution in [0, 0.1) is 5.92 Å². The van der Waals surface area contributed by atoms with Crippen LogP contribution in [0.5, 0.6) is 0 Å². The molecule has 3 rings (SSSR count). The van der Waals surface area contributed by atoms with Gasteiger partial charge in [-0.25, -0.2) is 0 Å². The molecule has 1 amide bonds. The average Bonchev–Trinajstić information content (AvgIpc) is 2.80. The highest BCUT2D eigenvalue weighted by Gasteiger charge is 2.41. The fourth-order valence-corrected chi connectivity index (χ4v) is 4.06. The van der Waals surface area contributed by atoms with Crippen molar-refractivity contribution in [3.05, 3.63) is 0 Å². The summed E-state index contributed by atoms with van der Waals surface area (Å²) in [7, 11) is 0. The van der Waals surface area contributed by atoms with Crippen molar-refractivity contribution in [2.24, 2.45) is 11.7 Å². The molecule has 0 radical (unpaired) electrons. The largest absolute Gasteiger partial charge is 0.374 e. The lowest BCUT2D eigenvalue weighted by atomic mass is 9.92. The van der Waals surface area contributed by atoms with Crippen molar-refractivity contribution in [1.82, 2.24) is 4.90 Å². The highest BCUT2D eigenvalue weighted by Crippen LogP contribution is 2.32. The SMILES string of the molecule is NC1CCCCCC1C(=O)N1CCOC2CCCC21. The van der Waals surface area contributed by atoms with E-state index in [0.717, 1.165) is 38.6 Å². The maximum Gasteiger partial charge on any atom is 0.227 e. The first-order valence-corrected chi connectivity index (χ1v) is 7.95. The summed E-state index contributed by atoms with van der Waals surface area (Å²) in [5, 5.41) is 0. The maximum absolute atomic E-state index is 12.8. The lowest BCUT2D eigenvalue weighted by Crippen LogP contribution is -2.55. The minimum Gasteiger partial charge on any atom is -0.374 e. The van der Waals surface area contributed by atoms with Gasteiger partial charge < -0.3 is 15.4 Å². The molecule has 3 aliphatic rings. The summed E-state index contributed by atoms with van der Waals surface area (Å²) in [6.07, 6.45) is 9.26. The number of morpholine rings is 1. The van der Waals surface area contributed by atoms with E-state index >= 15 is 0 Å². The highest BCUT2D eigenvalue weighted by molar-refractivity contribution is 5.80. The Hall–Kier alpha value is -0.610. The van der Waals surface area contributed by atoms with Crippen LogP contribution in [0.3, 0.4) is 0 Å². The minimum absolute atomic E-state index is 0.0573. The Labute approximate surface area is 115 Å². The van der Waals surface area contributed by atoms with Gasteiger partial charge in [-0.3, -0.25) is 4.79 Å². The molecular weight excluding hydrogens is 240 g/mol. The van der Waals surface area contributed by atoms with Crippen LogP contribution in [-0.4, -0.2) is 42.1 Å². The number of nitrogens with two attached hydrogens (primary N) is 1. The van der Waals surface area contributed by atoms with E-state index in [2.05, 4.69) is 4.90 Å². The fraction of sp³-hybridized carbons (Fsp3) is 0.933. The molecule has 1 saturated heterocycles. The predicted octanol–water partition coefficient (Wildman–Crippen LogP) is 1.67. The van der Waals surface area contributed by atoms with Gasteiger partial charge in [0.25, 0.3) is 0 Å². The molecule has 108 valence electrons.